The molecule has 1 aromatic rings. The summed E-state index contributed by atoms with van der Waals surface area (Å²) in [5.41, 5.74) is 2.40. The van der Waals surface area contributed by atoms with Crippen LogP contribution in [0.3, 0.4) is 0 Å². The zero-order valence-electron chi connectivity index (χ0n) is 13.4. The van der Waals surface area contributed by atoms with Crippen LogP contribution >= 0.6 is 0 Å². The van der Waals surface area contributed by atoms with Gasteiger partial charge in [0.1, 0.15) is 0 Å². The number of fused-ring (bicyclic) bond motifs is 1. The van der Waals surface area contributed by atoms with Crippen molar-refractivity contribution in [3.8, 4) is 0 Å². The number of amides is 2. The topological polar surface area (TPSA) is 40.6 Å². The Labute approximate surface area is 132 Å². The molecule has 0 aromatic heterocycles. The summed E-state index contributed by atoms with van der Waals surface area (Å²) in [5.74, 6) is 0.883. The van der Waals surface area contributed by atoms with E-state index < -0.39 is 0 Å². The predicted octanol–water partition coefficient (Wildman–Crippen LogP) is 2.39. The molecule has 0 N–H and O–H groups in total. The maximum atomic E-state index is 12.5. The largest absolute Gasteiger partial charge is 0.345 e. The van der Waals surface area contributed by atoms with E-state index in [0.717, 1.165) is 18.5 Å². The second-order valence-corrected chi connectivity index (χ2v) is 6.60. The van der Waals surface area contributed by atoms with Gasteiger partial charge in [-0.05, 0) is 36.3 Å². The molecule has 1 unspecified atom stereocenters. The summed E-state index contributed by atoms with van der Waals surface area (Å²) in [7, 11) is 1.88. The van der Waals surface area contributed by atoms with Crippen LogP contribution in [-0.2, 0) is 16.0 Å². The molecule has 22 heavy (non-hydrogen) atoms. The first-order chi connectivity index (χ1) is 10.6. The van der Waals surface area contributed by atoms with Gasteiger partial charge in [-0.1, -0.05) is 24.3 Å². The van der Waals surface area contributed by atoms with Gasteiger partial charge in [-0.3, -0.25) is 9.59 Å². The number of carbonyl (C=O) groups is 2. The highest BCUT2D eigenvalue weighted by atomic mass is 16.2. The lowest BCUT2D eigenvalue weighted by molar-refractivity contribution is -0.136. The van der Waals surface area contributed by atoms with Gasteiger partial charge in [0.15, 0.2) is 0 Å². The van der Waals surface area contributed by atoms with Crippen molar-refractivity contribution in [1.82, 2.24) is 9.80 Å². The standard InChI is InChI=1S/C18H24N2O2/c1-13(21)20-10-9-15-5-3-4-6-16(15)17(20)11-18(22)19(2)12-14-7-8-14/h3-6,14,17H,7-12H2,1-2H3. The van der Waals surface area contributed by atoms with E-state index in [1.807, 2.05) is 29.0 Å². The van der Waals surface area contributed by atoms with E-state index in [1.54, 1.807) is 6.92 Å². The smallest absolute Gasteiger partial charge is 0.224 e. The predicted molar refractivity (Wildman–Crippen MR) is 85.3 cm³/mol. The first-order valence-corrected chi connectivity index (χ1v) is 8.15. The molecule has 1 fully saturated rings. The fraction of sp³-hybridized carbons (Fsp3) is 0.556. The molecule has 3 rings (SSSR count). The summed E-state index contributed by atoms with van der Waals surface area (Å²) >= 11 is 0. The number of hydrogen-bond acceptors (Lipinski definition) is 2. The highest BCUT2D eigenvalue weighted by molar-refractivity contribution is 5.79. The minimum atomic E-state index is -0.114. The molecule has 0 saturated heterocycles. The second kappa shape index (κ2) is 6.11. The van der Waals surface area contributed by atoms with Crippen molar-refractivity contribution in [2.24, 2.45) is 5.92 Å². The van der Waals surface area contributed by atoms with Crippen LogP contribution in [0.1, 0.15) is 43.4 Å². The summed E-state index contributed by atoms with van der Waals surface area (Å²) < 4.78 is 0. The van der Waals surface area contributed by atoms with E-state index in [4.69, 9.17) is 0 Å². The molecule has 0 radical (unpaired) electrons. The van der Waals surface area contributed by atoms with Gasteiger partial charge in [0.25, 0.3) is 0 Å². The van der Waals surface area contributed by atoms with Crippen molar-refractivity contribution in [2.75, 3.05) is 20.1 Å². The third-order valence-electron chi connectivity index (χ3n) is 4.84. The summed E-state index contributed by atoms with van der Waals surface area (Å²) in [6, 6.07) is 8.08. The number of rotatable bonds is 4. The number of benzene rings is 1. The quantitative estimate of drug-likeness (QED) is 0.856. The second-order valence-electron chi connectivity index (χ2n) is 6.60. The Balaban J connectivity index is 1.78. The summed E-state index contributed by atoms with van der Waals surface area (Å²) in [6.45, 7) is 3.16. The van der Waals surface area contributed by atoms with E-state index in [9.17, 15) is 9.59 Å². The monoisotopic (exact) mass is 300 g/mol. The third-order valence-corrected chi connectivity index (χ3v) is 4.84. The molecule has 0 spiro atoms. The van der Waals surface area contributed by atoms with E-state index in [-0.39, 0.29) is 17.9 Å². The van der Waals surface area contributed by atoms with E-state index in [1.165, 1.54) is 18.4 Å². The van der Waals surface area contributed by atoms with Gasteiger partial charge in [0.2, 0.25) is 11.8 Å². The van der Waals surface area contributed by atoms with Crippen LogP contribution in [0.25, 0.3) is 0 Å². The Hall–Kier alpha value is -1.84. The minimum absolute atomic E-state index is 0.0529. The molecule has 2 amide bonds. The first-order valence-electron chi connectivity index (χ1n) is 8.15. The van der Waals surface area contributed by atoms with Crippen LogP contribution in [0.2, 0.25) is 0 Å². The van der Waals surface area contributed by atoms with E-state index in [2.05, 4.69) is 12.1 Å². The van der Waals surface area contributed by atoms with Crippen molar-refractivity contribution in [3.05, 3.63) is 35.4 Å². The Morgan fingerprint density at radius 3 is 2.68 bits per heavy atom. The highest BCUT2D eigenvalue weighted by Crippen LogP contribution is 2.34. The van der Waals surface area contributed by atoms with Crippen LogP contribution in [0.4, 0.5) is 0 Å². The molecule has 2 aliphatic rings. The highest BCUT2D eigenvalue weighted by Gasteiger charge is 2.32. The van der Waals surface area contributed by atoms with Crippen molar-refractivity contribution in [1.29, 1.82) is 0 Å². The van der Waals surface area contributed by atoms with Crippen molar-refractivity contribution >= 4 is 11.8 Å². The molecule has 1 atom stereocenters. The molecule has 1 heterocycles. The van der Waals surface area contributed by atoms with Gasteiger partial charge < -0.3 is 9.80 Å². The average Bonchev–Trinajstić information content (AvgIpc) is 3.31. The lowest BCUT2D eigenvalue weighted by Gasteiger charge is -2.37. The third kappa shape index (κ3) is 3.16. The van der Waals surface area contributed by atoms with E-state index >= 15 is 0 Å². The summed E-state index contributed by atoms with van der Waals surface area (Å²) in [4.78, 5) is 28.2. The van der Waals surface area contributed by atoms with Crippen LogP contribution in [0.15, 0.2) is 24.3 Å². The molecule has 118 valence electrons. The van der Waals surface area contributed by atoms with Gasteiger partial charge in [-0.25, -0.2) is 0 Å². The van der Waals surface area contributed by atoms with Crippen LogP contribution in [0, 0.1) is 5.92 Å². The Kier molecular flexibility index (Phi) is 4.19. The molecule has 1 saturated carbocycles. The molecule has 1 aromatic carbocycles. The Bertz CT molecular complexity index is 580. The Morgan fingerprint density at radius 1 is 1.27 bits per heavy atom. The average molecular weight is 300 g/mol. The number of nitrogens with zero attached hydrogens (tertiary/aromatic N) is 2. The normalized spacial score (nSPS) is 20.5. The first kappa shape index (κ1) is 15.1. The van der Waals surface area contributed by atoms with Crippen molar-refractivity contribution in [2.45, 2.75) is 38.6 Å². The Morgan fingerprint density at radius 2 is 2.00 bits per heavy atom. The van der Waals surface area contributed by atoms with Crippen LogP contribution in [0.5, 0.6) is 0 Å². The molecular formula is C18H24N2O2. The lowest BCUT2D eigenvalue weighted by Crippen LogP contribution is -2.41. The molecular weight excluding hydrogens is 276 g/mol. The molecule has 4 nitrogen and oxygen atoms in total. The minimum Gasteiger partial charge on any atom is -0.345 e. The summed E-state index contributed by atoms with van der Waals surface area (Å²) in [6.07, 6.45) is 3.74. The van der Waals surface area contributed by atoms with Crippen molar-refractivity contribution in [3.63, 3.8) is 0 Å². The molecule has 1 aliphatic carbocycles. The van der Waals surface area contributed by atoms with Gasteiger partial charge >= 0.3 is 0 Å². The molecule has 4 heteroatoms. The lowest BCUT2D eigenvalue weighted by atomic mass is 9.90. The number of hydrogen-bond donors (Lipinski definition) is 0. The van der Waals surface area contributed by atoms with Gasteiger partial charge in [-0.2, -0.15) is 0 Å². The van der Waals surface area contributed by atoms with Gasteiger partial charge in [0, 0.05) is 27.1 Å². The maximum absolute atomic E-state index is 12.5. The molecule has 0 bridgehead atoms. The van der Waals surface area contributed by atoms with Crippen molar-refractivity contribution < 1.29 is 9.59 Å². The molecule has 1 aliphatic heterocycles. The zero-order valence-corrected chi connectivity index (χ0v) is 13.4. The maximum Gasteiger partial charge on any atom is 0.224 e. The van der Waals surface area contributed by atoms with E-state index in [0.29, 0.717) is 18.9 Å². The fourth-order valence-electron chi connectivity index (χ4n) is 3.36. The zero-order chi connectivity index (χ0) is 15.7. The summed E-state index contributed by atoms with van der Waals surface area (Å²) in [5, 5.41) is 0. The SMILES string of the molecule is CC(=O)N1CCc2ccccc2C1CC(=O)N(C)CC1CC1. The van der Waals surface area contributed by atoms with Gasteiger partial charge in [-0.15, -0.1) is 0 Å². The number of carbonyl (C=O) groups excluding carboxylic acids is 2. The van der Waals surface area contributed by atoms with Crippen LogP contribution in [-0.4, -0.2) is 41.8 Å². The van der Waals surface area contributed by atoms with Gasteiger partial charge in [0.05, 0.1) is 12.5 Å². The fourth-order valence-corrected chi connectivity index (χ4v) is 3.36. The van der Waals surface area contributed by atoms with Crippen LogP contribution < -0.4 is 0 Å².